The van der Waals surface area contributed by atoms with Crippen LogP contribution in [0.5, 0.6) is 0 Å². The monoisotopic (exact) mass is 507 g/mol. The molecule has 0 amide bonds. The molecule has 4 fully saturated rings. The normalized spacial score (nSPS) is 29.6. The molecule has 4 aliphatic rings. The Hall–Kier alpha value is -1.78. The van der Waals surface area contributed by atoms with E-state index in [1.54, 1.807) is 0 Å². The highest BCUT2D eigenvalue weighted by Crippen LogP contribution is 2.57. The Morgan fingerprint density at radius 3 is 2.14 bits per heavy atom. The van der Waals surface area contributed by atoms with Gasteiger partial charge in [-0.15, -0.1) is 0 Å². The lowest BCUT2D eigenvalue weighted by Gasteiger charge is -2.56. The Bertz CT molecular complexity index is 927. The fraction of sp³-hybridized carbons (Fsp3) is 0.767. The van der Waals surface area contributed by atoms with Gasteiger partial charge in [-0.05, 0) is 94.5 Å². The number of pyridine rings is 1. The zero-order valence-corrected chi connectivity index (χ0v) is 24.1. The first kappa shape index (κ1) is 28.2. The Balaban J connectivity index is 1.48. The molecule has 5 rings (SSSR count). The van der Waals surface area contributed by atoms with E-state index in [1.807, 2.05) is 39.1 Å². The summed E-state index contributed by atoms with van der Waals surface area (Å²) in [6, 6.07) is 6.08. The van der Waals surface area contributed by atoms with Gasteiger partial charge in [0.2, 0.25) is 0 Å². The van der Waals surface area contributed by atoms with Crippen molar-refractivity contribution in [1.82, 2.24) is 4.98 Å². The highest BCUT2D eigenvalue weighted by atomic mass is 16.6. The minimum Gasteiger partial charge on any atom is -0.460 e. The van der Waals surface area contributed by atoms with Crippen molar-refractivity contribution >= 4 is 26.5 Å². The lowest BCUT2D eigenvalue weighted by molar-refractivity contribution is -0.189. The Labute approximate surface area is 225 Å². The fourth-order valence-corrected chi connectivity index (χ4v) is 7.58. The summed E-state index contributed by atoms with van der Waals surface area (Å²) in [5.74, 6) is 1.93. The Morgan fingerprint density at radius 1 is 1.00 bits per heavy atom. The van der Waals surface area contributed by atoms with E-state index < -0.39 is 10.9 Å². The van der Waals surface area contributed by atoms with Crippen molar-refractivity contribution in [2.24, 2.45) is 17.8 Å². The standard InChI is InChI=1S/C30H47B2NO4/c1-7-28(5,24-10-8-9-13-33-24)32-20-29(6,31-12-11-25(34)36-27(2,3)4)26(35)37-30-17-21-14-22(18-30)16-23(15-21)19-30/h8-10,13,21-23,31-32H,7,11-12,14-20H2,1-6H3. The number of aromatic nitrogens is 1. The van der Waals surface area contributed by atoms with Crippen molar-refractivity contribution in [2.75, 3.05) is 0 Å². The van der Waals surface area contributed by atoms with Crippen molar-refractivity contribution in [3.63, 3.8) is 0 Å². The number of ether oxygens (including phenoxy) is 2. The fourth-order valence-electron chi connectivity index (χ4n) is 7.58. The van der Waals surface area contributed by atoms with Crippen LogP contribution in [0.25, 0.3) is 0 Å². The summed E-state index contributed by atoms with van der Waals surface area (Å²) in [5.41, 5.74) is 0.319. The quantitative estimate of drug-likeness (QED) is 0.278. The molecule has 202 valence electrons. The van der Waals surface area contributed by atoms with Crippen LogP contribution in [0.1, 0.15) is 98.6 Å². The molecule has 37 heavy (non-hydrogen) atoms. The SMILES string of the molecule is CCC(C)(BCC(C)(BCCC(=O)OC(C)(C)C)C(=O)OC12CC3CC(CC(C3)C1)C2)c1ccccn1. The van der Waals surface area contributed by atoms with Crippen LogP contribution in [-0.2, 0) is 24.4 Å². The summed E-state index contributed by atoms with van der Waals surface area (Å²) in [5, 5.41) is -0.759. The van der Waals surface area contributed by atoms with Crippen molar-refractivity contribution < 1.29 is 19.1 Å². The number of hydrogen-bond donors (Lipinski definition) is 0. The second kappa shape index (κ2) is 10.8. The molecule has 2 atom stereocenters. The van der Waals surface area contributed by atoms with Crippen molar-refractivity contribution in [1.29, 1.82) is 0 Å². The van der Waals surface area contributed by atoms with Gasteiger partial charge in [0, 0.05) is 23.6 Å². The maximum Gasteiger partial charge on any atom is 0.305 e. The minimum absolute atomic E-state index is 0.0573. The van der Waals surface area contributed by atoms with Gasteiger partial charge in [0.1, 0.15) is 25.8 Å². The number of carbonyl (C=O) groups excluding carboxylic acids is 2. The minimum atomic E-state index is -0.642. The van der Waals surface area contributed by atoms with Crippen LogP contribution in [0.15, 0.2) is 24.4 Å². The molecule has 1 heterocycles. The topological polar surface area (TPSA) is 65.5 Å². The molecule has 7 heteroatoms. The predicted octanol–water partition coefficient (Wildman–Crippen LogP) is 5.84. The first-order chi connectivity index (χ1) is 17.3. The summed E-state index contributed by atoms with van der Waals surface area (Å²) < 4.78 is 12.1. The molecule has 0 N–H and O–H groups in total. The van der Waals surface area contributed by atoms with E-state index in [4.69, 9.17) is 9.47 Å². The zero-order valence-electron chi connectivity index (χ0n) is 24.1. The molecule has 4 aliphatic carbocycles. The largest absolute Gasteiger partial charge is 0.460 e. The third-order valence-electron chi connectivity index (χ3n) is 9.61. The summed E-state index contributed by atoms with van der Waals surface area (Å²) in [6.07, 6.45) is 11.5. The molecule has 2 unspecified atom stereocenters. The zero-order chi connectivity index (χ0) is 26.9. The van der Waals surface area contributed by atoms with E-state index in [9.17, 15) is 9.59 Å². The van der Waals surface area contributed by atoms with Crippen molar-refractivity contribution in [2.45, 2.75) is 127 Å². The predicted molar refractivity (Wildman–Crippen MR) is 152 cm³/mol. The Kier molecular flexibility index (Phi) is 8.22. The first-order valence-corrected chi connectivity index (χ1v) is 14.7. The number of rotatable bonds is 11. The van der Waals surface area contributed by atoms with E-state index in [0.29, 0.717) is 26.3 Å². The molecule has 0 aromatic carbocycles. The smallest absolute Gasteiger partial charge is 0.305 e. The van der Waals surface area contributed by atoms with Gasteiger partial charge < -0.3 is 9.47 Å². The van der Waals surface area contributed by atoms with Crippen LogP contribution in [0.4, 0.5) is 0 Å². The van der Waals surface area contributed by atoms with E-state index in [-0.39, 0.29) is 22.9 Å². The van der Waals surface area contributed by atoms with Gasteiger partial charge in [-0.2, -0.15) is 0 Å². The van der Waals surface area contributed by atoms with Gasteiger partial charge in [0.05, 0.1) is 0 Å². The highest BCUT2D eigenvalue weighted by molar-refractivity contribution is 6.52. The number of hydrogen-bond acceptors (Lipinski definition) is 5. The van der Waals surface area contributed by atoms with Crippen molar-refractivity contribution in [3.8, 4) is 0 Å². The van der Waals surface area contributed by atoms with Gasteiger partial charge in [0.25, 0.3) is 0 Å². The van der Waals surface area contributed by atoms with Gasteiger partial charge in [-0.3, -0.25) is 14.6 Å². The molecule has 4 saturated carbocycles. The Morgan fingerprint density at radius 2 is 1.62 bits per heavy atom. The number of nitrogens with zero attached hydrogens (tertiary/aromatic N) is 1. The molecule has 1 aromatic rings. The van der Waals surface area contributed by atoms with Crippen LogP contribution < -0.4 is 0 Å². The molecule has 0 aliphatic heterocycles. The highest BCUT2D eigenvalue weighted by Gasteiger charge is 2.54. The molecule has 0 radical (unpaired) electrons. The summed E-state index contributed by atoms with van der Waals surface area (Å²) in [4.78, 5) is 31.1. The molecule has 4 bridgehead atoms. The van der Waals surface area contributed by atoms with Crippen LogP contribution >= 0.6 is 0 Å². The molecular formula is C30H47B2NO4. The second-order valence-electron chi connectivity index (χ2n) is 14.1. The first-order valence-electron chi connectivity index (χ1n) is 14.7. The average Bonchev–Trinajstić information content (AvgIpc) is 2.81. The van der Waals surface area contributed by atoms with Crippen molar-refractivity contribution in [3.05, 3.63) is 30.1 Å². The van der Waals surface area contributed by atoms with Crippen LogP contribution in [-0.4, -0.2) is 42.7 Å². The average molecular weight is 507 g/mol. The molecule has 0 saturated heterocycles. The third kappa shape index (κ3) is 6.81. The number of esters is 2. The molecule has 0 spiro atoms. The second-order valence-corrected chi connectivity index (χ2v) is 14.1. The lowest BCUT2D eigenvalue weighted by Crippen LogP contribution is -2.54. The van der Waals surface area contributed by atoms with E-state index >= 15 is 0 Å². The third-order valence-corrected chi connectivity index (χ3v) is 9.61. The molecule has 1 aromatic heterocycles. The van der Waals surface area contributed by atoms with E-state index in [0.717, 1.165) is 56.4 Å². The maximum atomic E-state index is 14.0. The maximum absolute atomic E-state index is 14.0. The van der Waals surface area contributed by atoms with Gasteiger partial charge in [-0.25, -0.2) is 0 Å². The molecular weight excluding hydrogens is 460 g/mol. The summed E-state index contributed by atoms with van der Waals surface area (Å²) in [6.45, 7) is 12.2. The van der Waals surface area contributed by atoms with E-state index in [1.165, 1.54) is 19.3 Å². The van der Waals surface area contributed by atoms with Gasteiger partial charge >= 0.3 is 11.9 Å². The van der Waals surface area contributed by atoms with Crippen LogP contribution in [0.3, 0.4) is 0 Å². The summed E-state index contributed by atoms with van der Waals surface area (Å²) >= 11 is 0. The lowest BCUT2D eigenvalue weighted by atomic mass is 9.37. The molecule has 5 nitrogen and oxygen atoms in total. The van der Waals surface area contributed by atoms with Crippen LogP contribution in [0, 0.1) is 17.8 Å². The van der Waals surface area contributed by atoms with Gasteiger partial charge in [0.15, 0.2) is 0 Å². The van der Waals surface area contributed by atoms with E-state index in [2.05, 4.69) is 31.8 Å². The van der Waals surface area contributed by atoms with Gasteiger partial charge in [-0.1, -0.05) is 45.9 Å². The summed E-state index contributed by atoms with van der Waals surface area (Å²) in [7, 11) is 1.47. The number of carbonyl (C=O) groups is 2. The van der Waals surface area contributed by atoms with Crippen LogP contribution in [0.2, 0.25) is 18.0 Å².